The van der Waals surface area contributed by atoms with Gasteiger partial charge in [0.2, 0.25) is 5.91 Å². The molecule has 4 N–H and O–H groups in total. The molecule has 26 heavy (non-hydrogen) atoms. The zero-order valence-corrected chi connectivity index (χ0v) is 17.5. The van der Waals surface area contributed by atoms with Crippen LogP contribution < -0.4 is 16.4 Å². The number of benzene rings is 1. The maximum Gasteiger partial charge on any atom is 0.221 e. The quantitative estimate of drug-likeness (QED) is 0.242. The number of nitrogens with zero attached hydrogens (tertiary/aromatic N) is 2. The standard InChI is InChI=1S/C18H28FN5O.HI/c1-21-18(23-12-14-6-2-3-8-16(14)19)22-9-5-11-24-10-4-7-15(13-24)17(20)25;/h2-3,6,8,15H,4-5,7,9-13H2,1H3,(H2,20,25)(H2,21,22,23);1H. The van der Waals surface area contributed by atoms with Gasteiger partial charge in [-0.1, -0.05) is 18.2 Å². The number of rotatable bonds is 7. The maximum atomic E-state index is 13.6. The monoisotopic (exact) mass is 477 g/mol. The molecule has 6 nitrogen and oxygen atoms in total. The topological polar surface area (TPSA) is 82.8 Å². The number of nitrogens with two attached hydrogens (primary N) is 1. The molecule has 0 spiro atoms. The molecular formula is C18H29FIN5O. The summed E-state index contributed by atoms with van der Waals surface area (Å²) in [5, 5.41) is 6.34. The highest BCUT2D eigenvalue weighted by Gasteiger charge is 2.23. The number of piperidine rings is 1. The van der Waals surface area contributed by atoms with Crippen molar-refractivity contribution in [3.8, 4) is 0 Å². The van der Waals surface area contributed by atoms with Crippen molar-refractivity contribution in [3.05, 3.63) is 35.6 Å². The lowest BCUT2D eigenvalue weighted by Crippen LogP contribution is -2.42. The van der Waals surface area contributed by atoms with Crippen LogP contribution in [0, 0.1) is 11.7 Å². The number of halogens is 2. The van der Waals surface area contributed by atoms with Crippen molar-refractivity contribution in [1.29, 1.82) is 0 Å². The van der Waals surface area contributed by atoms with Gasteiger partial charge in [-0.15, -0.1) is 24.0 Å². The number of nitrogens with one attached hydrogen (secondary N) is 2. The van der Waals surface area contributed by atoms with Gasteiger partial charge < -0.3 is 21.3 Å². The van der Waals surface area contributed by atoms with Gasteiger partial charge in [-0.2, -0.15) is 0 Å². The average molecular weight is 477 g/mol. The number of hydrogen-bond acceptors (Lipinski definition) is 3. The normalized spacial score (nSPS) is 18.1. The van der Waals surface area contributed by atoms with Crippen LogP contribution in [-0.2, 0) is 11.3 Å². The van der Waals surface area contributed by atoms with E-state index in [1.165, 1.54) is 6.07 Å². The molecule has 1 heterocycles. The molecule has 0 aromatic heterocycles. The Labute approximate surface area is 171 Å². The molecule has 0 bridgehead atoms. The third-order valence-electron chi connectivity index (χ3n) is 4.48. The zero-order valence-electron chi connectivity index (χ0n) is 15.2. The summed E-state index contributed by atoms with van der Waals surface area (Å²) in [7, 11) is 1.69. The van der Waals surface area contributed by atoms with Crippen LogP contribution in [0.1, 0.15) is 24.8 Å². The minimum atomic E-state index is -0.223. The minimum absolute atomic E-state index is 0. The fourth-order valence-corrected chi connectivity index (χ4v) is 3.04. The maximum absolute atomic E-state index is 13.6. The molecule has 1 fully saturated rings. The van der Waals surface area contributed by atoms with Crippen LogP contribution in [0.2, 0.25) is 0 Å². The van der Waals surface area contributed by atoms with E-state index in [2.05, 4.69) is 20.5 Å². The van der Waals surface area contributed by atoms with Crippen molar-refractivity contribution in [2.75, 3.05) is 33.2 Å². The summed E-state index contributed by atoms with van der Waals surface area (Å²) in [5.74, 6) is 0.217. The highest BCUT2D eigenvalue weighted by Crippen LogP contribution is 2.15. The average Bonchev–Trinajstić information content (AvgIpc) is 2.62. The van der Waals surface area contributed by atoms with Crippen LogP contribution in [-0.4, -0.2) is 50.0 Å². The van der Waals surface area contributed by atoms with Gasteiger partial charge in [-0.05, 0) is 38.4 Å². The summed E-state index contributed by atoms with van der Waals surface area (Å²) in [6.45, 7) is 3.84. The van der Waals surface area contributed by atoms with E-state index in [9.17, 15) is 9.18 Å². The smallest absolute Gasteiger partial charge is 0.221 e. The molecule has 8 heteroatoms. The molecule has 1 aliphatic heterocycles. The highest BCUT2D eigenvalue weighted by atomic mass is 127. The van der Waals surface area contributed by atoms with E-state index < -0.39 is 0 Å². The van der Waals surface area contributed by atoms with Crippen molar-refractivity contribution < 1.29 is 9.18 Å². The first kappa shape index (κ1) is 22.6. The first-order valence-electron chi connectivity index (χ1n) is 8.79. The minimum Gasteiger partial charge on any atom is -0.369 e. The summed E-state index contributed by atoms with van der Waals surface area (Å²) in [6.07, 6.45) is 2.86. The Balaban J connectivity index is 0.00000338. The van der Waals surface area contributed by atoms with E-state index in [0.29, 0.717) is 18.1 Å². The van der Waals surface area contributed by atoms with Crippen LogP contribution >= 0.6 is 24.0 Å². The molecule has 1 aromatic carbocycles. The van der Waals surface area contributed by atoms with Crippen LogP contribution in [0.3, 0.4) is 0 Å². The second kappa shape index (κ2) is 12.1. The number of carbonyl (C=O) groups excluding carboxylic acids is 1. The van der Waals surface area contributed by atoms with Gasteiger partial charge >= 0.3 is 0 Å². The lowest BCUT2D eigenvalue weighted by Gasteiger charge is -2.31. The van der Waals surface area contributed by atoms with Crippen molar-refractivity contribution >= 4 is 35.8 Å². The van der Waals surface area contributed by atoms with Gasteiger partial charge in [-0.25, -0.2) is 4.39 Å². The Kier molecular flexibility index (Phi) is 10.5. The van der Waals surface area contributed by atoms with Gasteiger partial charge in [0.05, 0.1) is 5.92 Å². The Hall–Kier alpha value is -1.42. The molecule has 1 aromatic rings. The molecule has 1 aliphatic rings. The fourth-order valence-electron chi connectivity index (χ4n) is 3.04. The number of aliphatic imine (C=N–C) groups is 1. The van der Waals surface area contributed by atoms with E-state index >= 15 is 0 Å². The molecule has 0 saturated carbocycles. The highest BCUT2D eigenvalue weighted by molar-refractivity contribution is 14.0. The Morgan fingerprint density at radius 2 is 2.15 bits per heavy atom. The lowest BCUT2D eigenvalue weighted by molar-refractivity contribution is -0.123. The van der Waals surface area contributed by atoms with Crippen LogP contribution in [0.4, 0.5) is 4.39 Å². The molecule has 2 rings (SSSR count). The van der Waals surface area contributed by atoms with Crippen LogP contribution in [0.25, 0.3) is 0 Å². The van der Waals surface area contributed by atoms with Crippen molar-refractivity contribution in [1.82, 2.24) is 15.5 Å². The predicted octanol–water partition coefficient (Wildman–Crippen LogP) is 1.70. The molecular weight excluding hydrogens is 448 g/mol. The fraction of sp³-hybridized carbons (Fsp3) is 0.556. The Bertz CT molecular complexity index is 599. The number of hydrogen-bond donors (Lipinski definition) is 3. The number of primary amides is 1. The lowest BCUT2D eigenvalue weighted by atomic mass is 9.97. The van der Waals surface area contributed by atoms with Gasteiger partial charge in [0.15, 0.2) is 5.96 Å². The van der Waals surface area contributed by atoms with E-state index in [4.69, 9.17) is 5.73 Å². The van der Waals surface area contributed by atoms with Gasteiger partial charge in [0, 0.05) is 32.2 Å². The van der Waals surface area contributed by atoms with Crippen LogP contribution in [0.15, 0.2) is 29.3 Å². The third-order valence-corrected chi connectivity index (χ3v) is 4.48. The van der Waals surface area contributed by atoms with Gasteiger partial charge in [-0.3, -0.25) is 9.79 Å². The first-order valence-corrected chi connectivity index (χ1v) is 8.79. The van der Waals surface area contributed by atoms with Crippen molar-refractivity contribution in [2.24, 2.45) is 16.6 Å². The van der Waals surface area contributed by atoms with Gasteiger partial charge in [0.25, 0.3) is 0 Å². The summed E-state index contributed by atoms with van der Waals surface area (Å²) in [6, 6.07) is 6.69. The van der Waals surface area contributed by atoms with Gasteiger partial charge in [0.1, 0.15) is 5.82 Å². The summed E-state index contributed by atoms with van der Waals surface area (Å²) in [5.41, 5.74) is 6.01. The summed E-state index contributed by atoms with van der Waals surface area (Å²) in [4.78, 5) is 17.7. The number of amides is 1. The number of guanidine groups is 1. The Morgan fingerprint density at radius 3 is 2.85 bits per heavy atom. The molecule has 1 saturated heterocycles. The second-order valence-corrected chi connectivity index (χ2v) is 6.34. The SMILES string of the molecule is CN=C(NCCCN1CCCC(C(N)=O)C1)NCc1ccccc1F.I. The van der Waals surface area contributed by atoms with Crippen LogP contribution in [0.5, 0.6) is 0 Å². The van der Waals surface area contributed by atoms with Crippen molar-refractivity contribution in [3.63, 3.8) is 0 Å². The first-order chi connectivity index (χ1) is 12.1. The summed E-state index contributed by atoms with van der Waals surface area (Å²) >= 11 is 0. The van der Waals surface area contributed by atoms with E-state index in [1.54, 1.807) is 19.2 Å². The predicted molar refractivity (Wildman–Crippen MR) is 113 cm³/mol. The van der Waals surface area contributed by atoms with E-state index in [0.717, 1.165) is 45.4 Å². The molecule has 0 radical (unpaired) electrons. The third kappa shape index (κ3) is 7.45. The Morgan fingerprint density at radius 1 is 1.38 bits per heavy atom. The van der Waals surface area contributed by atoms with Crippen molar-refractivity contribution in [2.45, 2.75) is 25.8 Å². The second-order valence-electron chi connectivity index (χ2n) is 6.34. The molecule has 0 aliphatic carbocycles. The largest absolute Gasteiger partial charge is 0.369 e. The summed E-state index contributed by atoms with van der Waals surface area (Å²) < 4.78 is 13.6. The number of carbonyl (C=O) groups is 1. The van der Waals surface area contributed by atoms with E-state index in [1.807, 2.05) is 6.07 Å². The molecule has 1 amide bonds. The molecule has 146 valence electrons. The molecule has 1 atom stereocenters. The number of likely N-dealkylation sites (tertiary alicyclic amines) is 1. The molecule has 1 unspecified atom stereocenters. The van der Waals surface area contributed by atoms with E-state index in [-0.39, 0.29) is 41.6 Å². The zero-order chi connectivity index (χ0) is 18.1.